The Morgan fingerprint density at radius 3 is 2.52 bits per heavy atom. The van der Waals surface area contributed by atoms with Crippen molar-refractivity contribution in [3.63, 3.8) is 0 Å². The van der Waals surface area contributed by atoms with E-state index in [1.54, 1.807) is 13.8 Å². The van der Waals surface area contributed by atoms with Gasteiger partial charge in [0.2, 0.25) is 5.82 Å². The number of sulfone groups is 1. The second-order valence-corrected chi connectivity index (χ2v) is 8.94. The Morgan fingerprint density at radius 2 is 1.93 bits per heavy atom. The zero-order chi connectivity index (χ0) is 21.6. The van der Waals surface area contributed by atoms with Gasteiger partial charge < -0.3 is 9.64 Å². The maximum absolute atomic E-state index is 13.1. The molecule has 11 heteroatoms. The highest BCUT2D eigenvalue weighted by atomic mass is 32.2. The molecule has 1 aliphatic rings. The minimum Gasteiger partial charge on any atom is -0.490 e. The molecule has 0 N–H and O–H groups in total. The van der Waals surface area contributed by atoms with Crippen LogP contribution in [-0.2, 0) is 29.1 Å². The van der Waals surface area contributed by atoms with Crippen molar-refractivity contribution in [1.29, 1.82) is 0 Å². The Hall–Kier alpha value is -2.69. The number of hydrogen-bond donors (Lipinski definition) is 0. The van der Waals surface area contributed by atoms with Crippen molar-refractivity contribution in [2.45, 2.75) is 44.1 Å². The summed E-state index contributed by atoms with van der Waals surface area (Å²) in [5.41, 5.74) is 0.515. The SMILES string of the molecule is CC(C)Oc1ccc(S(C)(=O)=O)cc1C(=O)N1Cc2cnc(C(F)(F)F)nc2C1. The molecule has 1 aromatic carbocycles. The standard InChI is InChI=1S/C18H18F3N3O4S/c1-10(2)28-15-5-4-12(29(3,26)27)6-13(15)16(25)24-8-11-7-22-17(18(19,20)21)23-14(11)9-24/h4-7,10H,8-9H2,1-3H3. The average molecular weight is 429 g/mol. The first-order valence-electron chi connectivity index (χ1n) is 8.58. The number of halogens is 3. The van der Waals surface area contributed by atoms with Crippen LogP contribution in [-0.4, -0.2) is 41.6 Å². The van der Waals surface area contributed by atoms with Gasteiger partial charge in [-0.3, -0.25) is 4.79 Å². The number of ether oxygens (including phenoxy) is 1. The molecule has 7 nitrogen and oxygen atoms in total. The van der Waals surface area contributed by atoms with Crippen molar-refractivity contribution in [1.82, 2.24) is 14.9 Å². The summed E-state index contributed by atoms with van der Waals surface area (Å²) in [5.74, 6) is -1.65. The Morgan fingerprint density at radius 1 is 1.24 bits per heavy atom. The number of benzene rings is 1. The summed E-state index contributed by atoms with van der Waals surface area (Å²) in [6.45, 7) is 3.36. The first kappa shape index (κ1) is 21.0. The minimum atomic E-state index is -4.69. The van der Waals surface area contributed by atoms with Crippen LogP contribution in [0.2, 0.25) is 0 Å². The predicted octanol–water partition coefficient (Wildman–Crippen LogP) is 2.84. The Labute approximate surface area is 165 Å². The maximum Gasteiger partial charge on any atom is 0.451 e. The van der Waals surface area contributed by atoms with Crippen LogP contribution < -0.4 is 4.74 Å². The van der Waals surface area contributed by atoms with Gasteiger partial charge in [-0.2, -0.15) is 13.2 Å². The van der Waals surface area contributed by atoms with E-state index in [2.05, 4.69) is 9.97 Å². The zero-order valence-electron chi connectivity index (χ0n) is 15.8. The third kappa shape index (κ3) is 4.50. The second-order valence-electron chi connectivity index (χ2n) is 6.92. The molecule has 0 bridgehead atoms. The fourth-order valence-corrected chi connectivity index (χ4v) is 3.51. The lowest BCUT2D eigenvalue weighted by atomic mass is 10.1. The number of fused-ring (bicyclic) bond motifs is 1. The molecule has 2 aromatic rings. The number of carbonyl (C=O) groups is 1. The topological polar surface area (TPSA) is 89.5 Å². The molecule has 0 atom stereocenters. The molecule has 1 amide bonds. The van der Waals surface area contributed by atoms with E-state index in [1.807, 2.05) is 0 Å². The highest BCUT2D eigenvalue weighted by Gasteiger charge is 2.37. The predicted molar refractivity (Wildman–Crippen MR) is 95.9 cm³/mol. The second kappa shape index (κ2) is 7.29. The Balaban J connectivity index is 1.95. The van der Waals surface area contributed by atoms with E-state index in [1.165, 1.54) is 23.1 Å². The number of rotatable bonds is 4. The molecule has 0 aliphatic carbocycles. The molecule has 0 fully saturated rings. The van der Waals surface area contributed by atoms with E-state index >= 15 is 0 Å². The zero-order valence-corrected chi connectivity index (χ0v) is 16.6. The van der Waals surface area contributed by atoms with Gasteiger partial charge in [-0.25, -0.2) is 18.4 Å². The monoisotopic (exact) mass is 429 g/mol. The molecule has 0 unspecified atom stereocenters. The molecule has 0 saturated carbocycles. The van der Waals surface area contributed by atoms with Crippen molar-refractivity contribution in [2.24, 2.45) is 0 Å². The van der Waals surface area contributed by atoms with Crippen molar-refractivity contribution >= 4 is 15.7 Å². The van der Waals surface area contributed by atoms with Crippen LogP contribution in [0.4, 0.5) is 13.2 Å². The average Bonchev–Trinajstić information content (AvgIpc) is 3.02. The fraction of sp³-hybridized carbons (Fsp3) is 0.389. The van der Waals surface area contributed by atoms with E-state index in [0.717, 1.165) is 12.5 Å². The van der Waals surface area contributed by atoms with E-state index in [0.29, 0.717) is 5.56 Å². The van der Waals surface area contributed by atoms with Gasteiger partial charge in [0.25, 0.3) is 5.91 Å². The number of nitrogens with zero attached hydrogens (tertiary/aromatic N) is 3. The number of amides is 1. The van der Waals surface area contributed by atoms with Gasteiger partial charge in [0.1, 0.15) is 5.75 Å². The number of hydrogen-bond acceptors (Lipinski definition) is 6. The van der Waals surface area contributed by atoms with Crippen LogP contribution in [0.5, 0.6) is 5.75 Å². The Kier molecular flexibility index (Phi) is 5.28. The molecule has 2 heterocycles. The summed E-state index contributed by atoms with van der Waals surface area (Å²) in [6.07, 6.45) is -2.90. The van der Waals surface area contributed by atoms with Crippen LogP contribution >= 0.6 is 0 Å². The van der Waals surface area contributed by atoms with E-state index in [9.17, 15) is 26.4 Å². The quantitative estimate of drug-likeness (QED) is 0.743. The van der Waals surface area contributed by atoms with Gasteiger partial charge in [0.15, 0.2) is 9.84 Å². The number of aromatic nitrogens is 2. The van der Waals surface area contributed by atoms with Crippen LogP contribution in [0, 0.1) is 0 Å². The summed E-state index contributed by atoms with van der Waals surface area (Å²) in [7, 11) is -3.58. The molecule has 1 aromatic heterocycles. The molecule has 0 saturated heterocycles. The van der Waals surface area contributed by atoms with Crippen molar-refractivity contribution in [3.05, 3.63) is 47.0 Å². The summed E-state index contributed by atoms with van der Waals surface area (Å²) in [4.78, 5) is 21.1. The lowest BCUT2D eigenvalue weighted by Gasteiger charge is -2.19. The largest absolute Gasteiger partial charge is 0.490 e. The molecule has 29 heavy (non-hydrogen) atoms. The van der Waals surface area contributed by atoms with Crippen LogP contribution in [0.25, 0.3) is 0 Å². The van der Waals surface area contributed by atoms with Crippen LogP contribution in [0.3, 0.4) is 0 Å². The first-order valence-corrected chi connectivity index (χ1v) is 10.5. The molecule has 156 valence electrons. The van der Waals surface area contributed by atoms with Gasteiger partial charge in [-0.15, -0.1) is 0 Å². The van der Waals surface area contributed by atoms with Crippen molar-refractivity contribution in [3.8, 4) is 5.75 Å². The van der Waals surface area contributed by atoms with Gasteiger partial charge in [0.05, 0.1) is 28.8 Å². The normalized spacial score (nSPS) is 14.2. The molecule has 0 spiro atoms. The Bertz CT molecular complexity index is 1070. The van der Waals surface area contributed by atoms with E-state index in [-0.39, 0.29) is 41.1 Å². The third-order valence-corrected chi connectivity index (χ3v) is 5.28. The fourth-order valence-electron chi connectivity index (χ4n) is 2.87. The highest BCUT2D eigenvalue weighted by Crippen LogP contribution is 2.31. The van der Waals surface area contributed by atoms with Gasteiger partial charge in [-0.05, 0) is 32.0 Å². The third-order valence-electron chi connectivity index (χ3n) is 4.17. The summed E-state index contributed by atoms with van der Waals surface area (Å²) in [6, 6.07) is 3.95. The smallest absolute Gasteiger partial charge is 0.451 e. The maximum atomic E-state index is 13.1. The lowest BCUT2D eigenvalue weighted by Crippen LogP contribution is -2.26. The molecule has 3 rings (SSSR count). The van der Waals surface area contributed by atoms with Crippen molar-refractivity contribution < 1.29 is 31.1 Å². The van der Waals surface area contributed by atoms with Crippen LogP contribution in [0.1, 0.15) is 41.3 Å². The number of carbonyl (C=O) groups excluding carboxylic acids is 1. The molecule has 0 radical (unpaired) electrons. The van der Waals surface area contributed by atoms with Crippen LogP contribution in [0.15, 0.2) is 29.3 Å². The lowest BCUT2D eigenvalue weighted by molar-refractivity contribution is -0.145. The summed E-state index contributed by atoms with van der Waals surface area (Å²) >= 11 is 0. The summed E-state index contributed by atoms with van der Waals surface area (Å²) < 4.78 is 67.9. The van der Waals surface area contributed by atoms with Gasteiger partial charge >= 0.3 is 6.18 Å². The number of alkyl halides is 3. The van der Waals surface area contributed by atoms with Gasteiger partial charge in [-0.1, -0.05) is 0 Å². The van der Waals surface area contributed by atoms with E-state index < -0.39 is 27.7 Å². The molecular formula is C18H18F3N3O4S. The summed E-state index contributed by atoms with van der Waals surface area (Å²) in [5, 5.41) is 0. The minimum absolute atomic E-state index is 0.0104. The highest BCUT2D eigenvalue weighted by molar-refractivity contribution is 7.90. The van der Waals surface area contributed by atoms with Crippen molar-refractivity contribution in [2.75, 3.05) is 6.26 Å². The van der Waals surface area contributed by atoms with Gasteiger partial charge in [0, 0.05) is 24.6 Å². The first-order chi connectivity index (χ1) is 13.4. The molecule has 1 aliphatic heterocycles. The molecular weight excluding hydrogens is 411 g/mol. The van der Waals surface area contributed by atoms with E-state index in [4.69, 9.17) is 4.74 Å².